The lowest BCUT2D eigenvalue weighted by Gasteiger charge is -2.35. The molecule has 0 fully saturated rings. The van der Waals surface area contributed by atoms with E-state index in [1.807, 2.05) is 0 Å². The van der Waals surface area contributed by atoms with Crippen LogP contribution in [0.4, 0.5) is 0 Å². The van der Waals surface area contributed by atoms with E-state index < -0.39 is 0 Å². The molecule has 0 aromatic carbocycles. The number of likely N-dealkylation sites (N-methyl/N-ethyl adjacent to an activating group) is 2. The second-order valence-corrected chi connectivity index (χ2v) is 5.35. The second kappa shape index (κ2) is 7.68. The molecule has 1 rings (SSSR count). The molecule has 4 heteroatoms. The number of nitrogens with zero attached hydrogens (tertiary/aromatic N) is 2. The molecule has 0 aliphatic carbocycles. The van der Waals surface area contributed by atoms with Crippen LogP contribution in [-0.2, 0) is 6.42 Å². The third-order valence-electron chi connectivity index (χ3n) is 3.54. The van der Waals surface area contributed by atoms with E-state index in [0.29, 0.717) is 12.6 Å². The van der Waals surface area contributed by atoms with Gasteiger partial charge >= 0.3 is 0 Å². The third kappa shape index (κ3) is 4.34. The standard InChI is InChI=1S/C15H29N3O/c1-6-13-8-9-15(19-13)14(10-16)18(7-2)12(3)11-17(4)5/h8-9,12,14H,6-7,10-11,16H2,1-5H3. The first-order valence-electron chi connectivity index (χ1n) is 7.22. The predicted molar refractivity (Wildman–Crippen MR) is 80.3 cm³/mol. The van der Waals surface area contributed by atoms with Gasteiger partial charge in [-0.25, -0.2) is 0 Å². The summed E-state index contributed by atoms with van der Waals surface area (Å²) in [6.07, 6.45) is 0.927. The van der Waals surface area contributed by atoms with E-state index in [-0.39, 0.29) is 6.04 Å². The van der Waals surface area contributed by atoms with Crippen LogP contribution in [0.2, 0.25) is 0 Å². The molecule has 110 valence electrons. The topological polar surface area (TPSA) is 45.6 Å². The first kappa shape index (κ1) is 16.2. The molecule has 4 nitrogen and oxygen atoms in total. The molecule has 2 atom stereocenters. The van der Waals surface area contributed by atoms with Crippen LogP contribution in [0.15, 0.2) is 16.5 Å². The van der Waals surface area contributed by atoms with Gasteiger partial charge in [0.1, 0.15) is 11.5 Å². The summed E-state index contributed by atoms with van der Waals surface area (Å²) in [6, 6.07) is 4.74. The van der Waals surface area contributed by atoms with Gasteiger partial charge in [0.25, 0.3) is 0 Å². The fraction of sp³-hybridized carbons (Fsp3) is 0.733. The minimum absolute atomic E-state index is 0.167. The monoisotopic (exact) mass is 267 g/mol. The normalized spacial score (nSPS) is 15.2. The molecule has 0 aliphatic rings. The minimum Gasteiger partial charge on any atom is -0.464 e. The molecule has 1 heterocycles. The largest absolute Gasteiger partial charge is 0.464 e. The molecule has 1 aromatic rings. The highest BCUT2D eigenvalue weighted by atomic mass is 16.3. The Labute approximate surface area is 117 Å². The van der Waals surface area contributed by atoms with Crippen molar-refractivity contribution in [1.29, 1.82) is 0 Å². The van der Waals surface area contributed by atoms with Crippen molar-refractivity contribution in [3.8, 4) is 0 Å². The zero-order valence-corrected chi connectivity index (χ0v) is 13.0. The Hall–Kier alpha value is -0.840. The zero-order valence-electron chi connectivity index (χ0n) is 13.0. The van der Waals surface area contributed by atoms with E-state index in [1.54, 1.807) is 0 Å². The molecule has 0 spiro atoms. The second-order valence-electron chi connectivity index (χ2n) is 5.35. The van der Waals surface area contributed by atoms with E-state index >= 15 is 0 Å². The molecule has 1 aromatic heterocycles. The van der Waals surface area contributed by atoms with Crippen LogP contribution in [0.1, 0.15) is 38.3 Å². The van der Waals surface area contributed by atoms with Crippen molar-refractivity contribution in [2.75, 3.05) is 33.7 Å². The van der Waals surface area contributed by atoms with Crippen LogP contribution in [0.5, 0.6) is 0 Å². The van der Waals surface area contributed by atoms with Gasteiger partial charge in [0, 0.05) is 25.6 Å². The lowest BCUT2D eigenvalue weighted by molar-refractivity contribution is 0.116. The maximum atomic E-state index is 5.99. The summed E-state index contributed by atoms with van der Waals surface area (Å²) >= 11 is 0. The Balaban J connectivity index is 2.85. The van der Waals surface area contributed by atoms with Crippen molar-refractivity contribution in [1.82, 2.24) is 9.80 Å². The maximum absolute atomic E-state index is 5.99. The highest BCUT2D eigenvalue weighted by Crippen LogP contribution is 2.24. The van der Waals surface area contributed by atoms with E-state index in [1.165, 1.54) is 0 Å². The van der Waals surface area contributed by atoms with Crippen molar-refractivity contribution >= 4 is 0 Å². The average molecular weight is 267 g/mol. The molecule has 2 unspecified atom stereocenters. The molecule has 0 bridgehead atoms. The van der Waals surface area contributed by atoms with Gasteiger partial charge < -0.3 is 15.1 Å². The quantitative estimate of drug-likeness (QED) is 0.783. The zero-order chi connectivity index (χ0) is 14.4. The summed E-state index contributed by atoms with van der Waals surface area (Å²) in [5, 5.41) is 0. The van der Waals surface area contributed by atoms with Gasteiger partial charge in [0.2, 0.25) is 0 Å². The number of furan rings is 1. The Bertz CT molecular complexity index is 362. The average Bonchev–Trinajstić information content (AvgIpc) is 2.83. The van der Waals surface area contributed by atoms with E-state index in [4.69, 9.17) is 10.2 Å². The first-order valence-corrected chi connectivity index (χ1v) is 7.22. The Morgan fingerprint density at radius 3 is 2.37 bits per heavy atom. The highest BCUT2D eigenvalue weighted by molar-refractivity contribution is 5.11. The Kier molecular flexibility index (Phi) is 6.55. The SMILES string of the molecule is CCc1ccc(C(CN)N(CC)C(C)CN(C)C)o1. The molecule has 19 heavy (non-hydrogen) atoms. The summed E-state index contributed by atoms with van der Waals surface area (Å²) in [5.41, 5.74) is 5.99. The van der Waals surface area contributed by atoms with Gasteiger partial charge in [-0.1, -0.05) is 13.8 Å². The van der Waals surface area contributed by atoms with Crippen LogP contribution in [0, 0.1) is 0 Å². The molecule has 0 saturated heterocycles. The Morgan fingerprint density at radius 2 is 1.95 bits per heavy atom. The van der Waals surface area contributed by atoms with Gasteiger partial charge in [-0.15, -0.1) is 0 Å². The first-order chi connectivity index (χ1) is 9.03. The molecule has 0 saturated carbocycles. The molecule has 0 amide bonds. The van der Waals surface area contributed by atoms with Crippen molar-refractivity contribution in [2.24, 2.45) is 5.73 Å². The minimum atomic E-state index is 0.167. The van der Waals surface area contributed by atoms with Gasteiger partial charge in [0.15, 0.2) is 0 Å². The molecule has 2 N–H and O–H groups in total. The number of rotatable bonds is 8. The smallest absolute Gasteiger partial charge is 0.122 e. The summed E-state index contributed by atoms with van der Waals surface area (Å²) in [7, 11) is 4.20. The summed E-state index contributed by atoms with van der Waals surface area (Å²) < 4.78 is 5.89. The predicted octanol–water partition coefficient (Wildman–Crippen LogP) is 2.11. The van der Waals surface area contributed by atoms with E-state index in [2.05, 4.69) is 56.8 Å². The summed E-state index contributed by atoms with van der Waals surface area (Å²) in [5.74, 6) is 2.02. The fourth-order valence-corrected chi connectivity index (χ4v) is 2.65. The van der Waals surface area contributed by atoms with E-state index in [0.717, 1.165) is 31.0 Å². The lowest BCUT2D eigenvalue weighted by atomic mass is 10.1. The van der Waals surface area contributed by atoms with Gasteiger partial charge in [-0.05, 0) is 39.7 Å². The molecule has 0 aliphatic heterocycles. The van der Waals surface area contributed by atoms with Crippen LogP contribution in [0.3, 0.4) is 0 Å². The number of aryl methyl sites for hydroxylation is 1. The van der Waals surface area contributed by atoms with Gasteiger partial charge in [0.05, 0.1) is 6.04 Å². The third-order valence-corrected chi connectivity index (χ3v) is 3.54. The van der Waals surface area contributed by atoms with Crippen molar-refractivity contribution in [2.45, 2.75) is 39.3 Å². The van der Waals surface area contributed by atoms with Crippen LogP contribution in [0.25, 0.3) is 0 Å². The van der Waals surface area contributed by atoms with Crippen LogP contribution in [-0.4, -0.2) is 49.6 Å². The van der Waals surface area contributed by atoms with Gasteiger partial charge in [-0.2, -0.15) is 0 Å². The summed E-state index contributed by atoms with van der Waals surface area (Å²) in [4.78, 5) is 4.62. The van der Waals surface area contributed by atoms with Crippen molar-refractivity contribution in [3.05, 3.63) is 23.7 Å². The van der Waals surface area contributed by atoms with E-state index in [9.17, 15) is 0 Å². The van der Waals surface area contributed by atoms with Crippen molar-refractivity contribution < 1.29 is 4.42 Å². The summed E-state index contributed by atoms with van der Waals surface area (Å²) in [6.45, 7) is 9.10. The van der Waals surface area contributed by atoms with Crippen LogP contribution >= 0.6 is 0 Å². The number of hydrogen-bond donors (Lipinski definition) is 1. The van der Waals surface area contributed by atoms with Gasteiger partial charge in [-0.3, -0.25) is 4.90 Å². The lowest BCUT2D eigenvalue weighted by Crippen LogP contribution is -2.44. The highest BCUT2D eigenvalue weighted by Gasteiger charge is 2.25. The number of nitrogens with two attached hydrogens (primary N) is 1. The Morgan fingerprint density at radius 1 is 1.26 bits per heavy atom. The molecular formula is C15H29N3O. The van der Waals surface area contributed by atoms with Crippen molar-refractivity contribution in [3.63, 3.8) is 0 Å². The fourth-order valence-electron chi connectivity index (χ4n) is 2.65. The number of hydrogen-bond acceptors (Lipinski definition) is 4. The molecular weight excluding hydrogens is 238 g/mol. The molecule has 0 radical (unpaired) electrons. The van der Waals surface area contributed by atoms with Crippen LogP contribution < -0.4 is 5.73 Å². The maximum Gasteiger partial charge on any atom is 0.122 e.